The minimum atomic E-state index is -0.338. The Hall–Kier alpha value is -4.01. The topological polar surface area (TPSA) is 108 Å². The van der Waals surface area contributed by atoms with E-state index >= 15 is 0 Å². The molecule has 28 heavy (non-hydrogen) atoms. The van der Waals surface area contributed by atoms with Gasteiger partial charge in [-0.25, -0.2) is 9.97 Å². The first-order chi connectivity index (χ1) is 13.6. The molecule has 9 heteroatoms. The quantitative estimate of drug-likeness (QED) is 0.570. The average molecular weight is 376 g/mol. The van der Waals surface area contributed by atoms with E-state index in [2.05, 4.69) is 25.4 Å². The predicted molar refractivity (Wildman–Crippen MR) is 100 cm³/mol. The summed E-state index contributed by atoms with van der Waals surface area (Å²) in [6, 6.07) is 10.6. The van der Waals surface area contributed by atoms with E-state index in [9.17, 15) is 4.79 Å². The summed E-state index contributed by atoms with van der Waals surface area (Å²) in [6.45, 7) is 1.74. The monoisotopic (exact) mass is 376 g/mol. The lowest BCUT2D eigenvalue weighted by molar-refractivity contribution is 0.102. The van der Waals surface area contributed by atoms with Crippen molar-refractivity contribution in [1.29, 1.82) is 0 Å². The summed E-state index contributed by atoms with van der Waals surface area (Å²) in [5.41, 5.74) is 1.52. The van der Waals surface area contributed by atoms with Crippen LogP contribution in [0.1, 0.15) is 16.3 Å². The molecule has 4 aromatic rings. The van der Waals surface area contributed by atoms with Gasteiger partial charge in [-0.3, -0.25) is 9.36 Å². The SMILES string of the molecule is COc1ccc(NC(=O)c2cn(-c3ncccc3-c3nc(C)no3)cn2)cc1. The Morgan fingerprint density at radius 1 is 1.18 bits per heavy atom. The van der Waals surface area contributed by atoms with Gasteiger partial charge in [-0.1, -0.05) is 5.16 Å². The fraction of sp³-hybridized carbons (Fsp3) is 0.105. The Kier molecular flexibility index (Phi) is 4.55. The third-order valence-corrected chi connectivity index (χ3v) is 3.95. The van der Waals surface area contributed by atoms with Crippen molar-refractivity contribution >= 4 is 11.6 Å². The Balaban J connectivity index is 1.58. The number of ether oxygens (including phenoxy) is 1. The van der Waals surface area contributed by atoms with Crippen molar-refractivity contribution < 1.29 is 14.1 Å². The van der Waals surface area contributed by atoms with Crippen LogP contribution in [-0.2, 0) is 0 Å². The number of rotatable bonds is 5. The minimum Gasteiger partial charge on any atom is -0.497 e. The molecular formula is C19H16N6O3. The van der Waals surface area contributed by atoms with Crippen molar-refractivity contribution in [2.75, 3.05) is 12.4 Å². The minimum absolute atomic E-state index is 0.245. The Bertz CT molecular complexity index is 1120. The number of benzene rings is 1. The zero-order chi connectivity index (χ0) is 19.5. The van der Waals surface area contributed by atoms with Crippen molar-refractivity contribution in [3.63, 3.8) is 0 Å². The van der Waals surface area contributed by atoms with E-state index in [4.69, 9.17) is 9.26 Å². The van der Waals surface area contributed by atoms with Gasteiger partial charge in [-0.15, -0.1) is 0 Å². The van der Waals surface area contributed by atoms with Crippen LogP contribution < -0.4 is 10.1 Å². The molecule has 3 heterocycles. The van der Waals surface area contributed by atoms with Gasteiger partial charge in [0, 0.05) is 18.1 Å². The summed E-state index contributed by atoms with van der Waals surface area (Å²) in [5, 5.41) is 6.60. The van der Waals surface area contributed by atoms with E-state index < -0.39 is 0 Å². The molecule has 9 nitrogen and oxygen atoms in total. The molecule has 1 amide bonds. The molecule has 1 aromatic carbocycles. The number of carbonyl (C=O) groups is 1. The molecule has 4 rings (SSSR count). The van der Waals surface area contributed by atoms with E-state index in [-0.39, 0.29) is 11.6 Å². The maximum Gasteiger partial charge on any atom is 0.275 e. The van der Waals surface area contributed by atoms with E-state index in [1.165, 1.54) is 6.33 Å². The van der Waals surface area contributed by atoms with Crippen LogP contribution in [0.2, 0.25) is 0 Å². The molecule has 0 aliphatic carbocycles. The number of amides is 1. The molecule has 0 atom stereocenters. The van der Waals surface area contributed by atoms with Gasteiger partial charge in [0.25, 0.3) is 11.8 Å². The van der Waals surface area contributed by atoms with Crippen molar-refractivity contribution in [1.82, 2.24) is 24.7 Å². The van der Waals surface area contributed by atoms with Crippen LogP contribution in [0.15, 0.2) is 59.6 Å². The van der Waals surface area contributed by atoms with Gasteiger partial charge in [0.2, 0.25) is 0 Å². The molecule has 0 radical (unpaired) electrons. The first kappa shape index (κ1) is 17.4. The summed E-state index contributed by atoms with van der Waals surface area (Å²) >= 11 is 0. The van der Waals surface area contributed by atoms with Crippen LogP contribution in [0.3, 0.4) is 0 Å². The number of aryl methyl sites for hydroxylation is 1. The van der Waals surface area contributed by atoms with E-state index in [1.807, 2.05) is 6.07 Å². The highest BCUT2D eigenvalue weighted by Crippen LogP contribution is 2.23. The lowest BCUT2D eigenvalue weighted by Crippen LogP contribution is -2.12. The number of hydrogen-bond donors (Lipinski definition) is 1. The van der Waals surface area contributed by atoms with Crippen LogP contribution in [0, 0.1) is 6.92 Å². The lowest BCUT2D eigenvalue weighted by atomic mass is 10.2. The van der Waals surface area contributed by atoms with Crippen LogP contribution >= 0.6 is 0 Å². The number of carbonyl (C=O) groups excluding carboxylic acids is 1. The Labute approximate surface area is 160 Å². The number of hydrogen-bond acceptors (Lipinski definition) is 7. The first-order valence-electron chi connectivity index (χ1n) is 8.39. The molecule has 0 aliphatic rings. The van der Waals surface area contributed by atoms with Gasteiger partial charge < -0.3 is 14.6 Å². The average Bonchev–Trinajstić information content (AvgIpc) is 3.38. The van der Waals surface area contributed by atoms with Crippen LogP contribution in [0.4, 0.5) is 5.69 Å². The van der Waals surface area contributed by atoms with Crippen molar-refractivity contribution in [3.8, 4) is 23.0 Å². The Morgan fingerprint density at radius 3 is 2.71 bits per heavy atom. The third-order valence-electron chi connectivity index (χ3n) is 3.95. The van der Waals surface area contributed by atoms with Gasteiger partial charge in [-0.05, 0) is 43.3 Å². The highest BCUT2D eigenvalue weighted by atomic mass is 16.5. The number of aromatic nitrogens is 5. The second kappa shape index (κ2) is 7.31. The van der Waals surface area contributed by atoms with Gasteiger partial charge in [0.15, 0.2) is 11.6 Å². The first-order valence-corrected chi connectivity index (χ1v) is 8.39. The van der Waals surface area contributed by atoms with Gasteiger partial charge >= 0.3 is 0 Å². The summed E-state index contributed by atoms with van der Waals surface area (Å²) in [4.78, 5) is 25.3. The lowest BCUT2D eigenvalue weighted by Gasteiger charge is -2.05. The second-order valence-corrected chi connectivity index (χ2v) is 5.87. The van der Waals surface area contributed by atoms with Crippen molar-refractivity contribution in [2.45, 2.75) is 6.92 Å². The number of pyridine rings is 1. The normalized spacial score (nSPS) is 10.6. The molecule has 1 N–H and O–H groups in total. The van der Waals surface area contributed by atoms with Crippen LogP contribution in [0.25, 0.3) is 17.3 Å². The molecule has 0 saturated carbocycles. The largest absolute Gasteiger partial charge is 0.497 e. The highest BCUT2D eigenvalue weighted by molar-refractivity contribution is 6.02. The summed E-state index contributed by atoms with van der Waals surface area (Å²) in [7, 11) is 1.59. The second-order valence-electron chi connectivity index (χ2n) is 5.87. The molecule has 0 bridgehead atoms. The number of anilines is 1. The molecule has 0 unspecified atom stereocenters. The van der Waals surface area contributed by atoms with Gasteiger partial charge in [-0.2, -0.15) is 4.98 Å². The van der Waals surface area contributed by atoms with Crippen LogP contribution in [-0.4, -0.2) is 37.7 Å². The fourth-order valence-electron chi connectivity index (χ4n) is 2.60. The van der Waals surface area contributed by atoms with Crippen molar-refractivity contribution in [3.05, 3.63) is 66.6 Å². The summed E-state index contributed by atoms with van der Waals surface area (Å²) in [5.74, 6) is 1.77. The van der Waals surface area contributed by atoms with Gasteiger partial charge in [0.1, 0.15) is 17.8 Å². The maximum absolute atomic E-state index is 12.5. The molecule has 0 fully saturated rings. The third kappa shape index (κ3) is 3.45. The number of imidazole rings is 1. The molecular weight excluding hydrogens is 360 g/mol. The maximum atomic E-state index is 12.5. The van der Waals surface area contributed by atoms with Crippen molar-refractivity contribution in [2.24, 2.45) is 0 Å². The molecule has 3 aromatic heterocycles. The van der Waals surface area contributed by atoms with E-state index in [1.54, 1.807) is 61.3 Å². The molecule has 140 valence electrons. The number of nitrogens with one attached hydrogen (secondary N) is 1. The smallest absolute Gasteiger partial charge is 0.275 e. The van der Waals surface area contributed by atoms with Crippen LogP contribution in [0.5, 0.6) is 5.75 Å². The number of methoxy groups -OCH3 is 1. The molecule has 0 aliphatic heterocycles. The zero-order valence-electron chi connectivity index (χ0n) is 15.2. The molecule has 0 saturated heterocycles. The number of nitrogens with zero attached hydrogens (tertiary/aromatic N) is 5. The van der Waals surface area contributed by atoms with E-state index in [0.29, 0.717) is 34.5 Å². The standard InChI is InChI=1S/C19H16N6O3/c1-12-22-19(28-24-12)15-4-3-9-20-17(15)25-10-16(21-11-25)18(26)23-13-5-7-14(27-2)8-6-13/h3-11H,1-2H3,(H,23,26). The Morgan fingerprint density at radius 2 is 2.00 bits per heavy atom. The van der Waals surface area contributed by atoms with Gasteiger partial charge in [0.05, 0.1) is 12.7 Å². The predicted octanol–water partition coefficient (Wildman–Crippen LogP) is 2.89. The summed E-state index contributed by atoms with van der Waals surface area (Å²) < 4.78 is 12.0. The summed E-state index contributed by atoms with van der Waals surface area (Å²) in [6.07, 6.45) is 4.74. The fourth-order valence-corrected chi connectivity index (χ4v) is 2.60. The highest BCUT2D eigenvalue weighted by Gasteiger charge is 2.16. The molecule has 0 spiro atoms. The van der Waals surface area contributed by atoms with E-state index in [0.717, 1.165) is 0 Å². The zero-order valence-corrected chi connectivity index (χ0v) is 15.2.